The number of aryl methyl sites for hydroxylation is 1. The highest BCUT2D eigenvalue weighted by atomic mass is 32.2. The molecule has 1 heterocycles. The second-order valence-electron chi connectivity index (χ2n) is 7.09. The minimum Gasteiger partial charge on any atom is -0.493 e. The van der Waals surface area contributed by atoms with Crippen molar-refractivity contribution in [3.63, 3.8) is 0 Å². The van der Waals surface area contributed by atoms with Crippen molar-refractivity contribution in [2.24, 2.45) is 7.05 Å². The number of carbonyl (C=O) groups is 1. The van der Waals surface area contributed by atoms with E-state index >= 15 is 0 Å². The molecule has 0 fully saturated rings. The van der Waals surface area contributed by atoms with Gasteiger partial charge in [-0.15, -0.1) is 10.2 Å². The minimum atomic E-state index is -0.0591. The van der Waals surface area contributed by atoms with Crippen LogP contribution in [0.2, 0.25) is 0 Å². The van der Waals surface area contributed by atoms with Gasteiger partial charge in [0, 0.05) is 13.6 Å². The van der Waals surface area contributed by atoms with Gasteiger partial charge < -0.3 is 24.1 Å². The lowest BCUT2D eigenvalue weighted by Gasteiger charge is -2.10. The third-order valence-electron chi connectivity index (χ3n) is 4.89. The van der Waals surface area contributed by atoms with Crippen LogP contribution in [0.5, 0.6) is 17.2 Å². The molecular formula is C23H28N4O4S. The van der Waals surface area contributed by atoms with E-state index in [4.69, 9.17) is 14.2 Å². The number of ether oxygens (including phenoxy) is 3. The Balaban J connectivity index is 1.43. The molecule has 0 saturated carbocycles. The summed E-state index contributed by atoms with van der Waals surface area (Å²) in [6.07, 6.45) is 0.696. The molecule has 0 aliphatic rings. The molecule has 32 heavy (non-hydrogen) atoms. The van der Waals surface area contributed by atoms with Gasteiger partial charge in [-0.2, -0.15) is 0 Å². The van der Waals surface area contributed by atoms with Crippen molar-refractivity contribution in [2.75, 3.05) is 26.5 Å². The molecule has 0 radical (unpaired) electrons. The first-order valence-corrected chi connectivity index (χ1v) is 11.2. The number of thioether (sulfide) groups is 1. The fourth-order valence-corrected chi connectivity index (χ4v) is 3.78. The number of hydrogen-bond acceptors (Lipinski definition) is 7. The lowest BCUT2D eigenvalue weighted by molar-refractivity contribution is -0.118. The van der Waals surface area contributed by atoms with Crippen LogP contribution in [0, 0.1) is 6.92 Å². The summed E-state index contributed by atoms with van der Waals surface area (Å²) in [5.74, 6) is 3.08. The smallest absolute Gasteiger partial charge is 0.230 e. The number of nitrogens with one attached hydrogen (secondary N) is 1. The van der Waals surface area contributed by atoms with E-state index in [1.807, 2.05) is 61.0 Å². The predicted molar refractivity (Wildman–Crippen MR) is 123 cm³/mol. The normalized spacial score (nSPS) is 10.6. The molecule has 1 N–H and O–H groups in total. The largest absolute Gasteiger partial charge is 0.493 e. The molecule has 0 saturated heterocycles. The first-order chi connectivity index (χ1) is 15.5. The molecule has 0 spiro atoms. The molecule has 2 aromatic carbocycles. The zero-order valence-electron chi connectivity index (χ0n) is 18.8. The van der Waals surface area contributed by atoms with Crippen LogP contribution in [0.3, 0.4) is 0 Å². The maximum atomic E-state index is 12.2. The standard InChI is InChI=1S/C23H28N4O4S/c1-16-7-5-6-8-18(16)31-14-21-25-26-23(27(21)2)32-15-22(28)24-12-11-17-9-10-19(29-3)20(13-17)30-4/h5-10,13H,11-12,14-15H2,1-4H3,(H,24,28). The van der Waals surface area contributed by atoms with Crippen molar-refractivity contribution in [2.45, 2.75) is 25.1 Å². The van der Waals surface area contributed by atoms with Gasteiger partial charge in [0.05, 0.1) is 20.0 Å². The summed E-state index contributed by atoms with van der Waals surface area (Å²) in [5, 5.41) is 12.0. The van der Waals surface area contributed by atoms with Gasteiger partial charge >= 0.3 is 0 Å². The minimum absolute atomic E-state index is 0.0591. The van der Waals surface area contributed by atoms with E-state index in [9.17, 15) is 4.79 Å². The Kier molecular flexibility index (Phi) is 8.38. The molecule has 3 aromatic rings. The lowest BCUT2D eigenvalue weighted by Crippen LogP contribution is -2.27. The number of nitrogens with zero attached hydrogens (tertiary/aromatic N) is 3. The second kappa shape index (κ2) is 11.4. The van der Waals surface area contributed by atoms with Crippen molar-refractivity contribution in [1.82, 2.24) is 20.1 Å². The number of para-hydroxylation sites is 1. The van der Waals surface area contributed by atoms with Crippen LogP contribution in [0.15, 0.2) is 47.6 Å². The Hall–Kier alpha value is -3.20. The Morgan fingerprint density at radius 1 is 1.06 bits per heavy atom. The van der Waals surface area contributed by atoms with Gasteiger partial charge in [-0.05, 0) is 42.7 Å². The molecule has 3 rings (SSSR count). The number of hydrogen-bond donors (Lipinski definition) is 1. The van der Waals surface area contributed by atoms with Crippen LogP contribution < -0.4 is 19.5 Å². The summed E-state index contributed by atoms with van der Waals surface area (Å²) in [5.41, 5.74) is 2.12. The third kappa shape index (κ3) is 6.16. The van der Waals surface area contributed by atoms with E-state index in [1.54, 1.807) is 14.2 Å². The van der Waals surface area contributed by atoms with Crippen LogP contribution in [0.4, 0.5) is 0 Å². The fraction of sp³-hybridized carbons (Fsp3) is 0.348. The third-order valence-corrected chi connectivity index (χ3v) is 5.91. The molecule has 170 valence electrons. The fourth-order valence-electron chi connectivity index (χ4n) is 3.02. The van der Waals surface area contributed by atoms with Gasteiger partial charge in [0.25, 0.3) is 0 Å². The summed E-state index contributed by atoms with van der Waals surface area (Å²) in [6.45, 7) is 2.84. The monoisotopic (exact) mass is 456 g/mol. The second-order valence-corrected chi connectivity index (χ2v) is 8.03. The van der Waals surface area contributed by atoms with Crippen molar-refractivity contribution in [1.29, 1.82) is 0 Å². The quantitative estimate of drug-likeness (QED) is 0.444. The van der Waals surface area contributed by atoms with Crippen LogP contribution in [0.1, 0.15) is 17.0 Å². The molecular weight excluding hydrogens is 428 g/mol. The van der Waals surface area contributed by atoms with Crippen molar-refractivity contribution < 1.29 is 19.0 Å². The predicted octanol–water partition coefficient (Wildman–Crippen LogP) is 3.17. The average Bonchev–Trinajstić information content (AvgIpc) is 3.16. The van der Waals surface area contributed by atoms with Gasteiger partial charge in [-0.1, -0.05) is 36.0 Å². The molecule has 0 aliphatic heterocycles. The Bertz CT molecular complexity index is 1050. The highest BCUT2D eigenvalue weighted by Crippen LogP contribution is 2.27. The van der Waals surface area contributed by atoms with Crippen LogP contribution >= 0.6 is 11.8 Å². The molecule has 0 aliphatic carbocycles. The molecule has 1 amide bonds. The molecule has 0 bridgehead atoms. The Morgan fingerprint density at radius 2 is 1.84 bits per heavy atom. The van der Waals surface area contributed by atoms with E-state index in [0.29, 0.717) is 42.1 Å². The van der Waals surface area contributed by atoms with E-state index in [2.05, 4.69) is 15.5 Å². The average molecular weight is 457 g/mol. The van der Waals surface area contributed by atoms with Crippen molar-refractivity contribution in [3.8, 4) is 17.2 Å². The topological polar surface area (TPSA) is 87.5 Å². The number of rotatable bonds is 11. The van der Waals surface area contributed by atoms with E-state index < -0.39 is 0 Å². The Morgan fingerprint density at radius 3 is 2.59 bits per heavy atom. The first-order valence-electron chi connectivity index (χ1n) is 10.2. The molecule has 0 atom stereocenters. The number of benzene rings is 2. The summed E-state index contributed by atoms with van der Waals surface area (Å²) < 4.78 is 18.2. The highest BCUT2D eigenvalue weighted by Gasteiger charge is 2.12. The number of methoxy groups -OCH3 is 2. The van der Waals surface area contributed by atoms with E-state index in [1.165, 1.54) is 11.8 Å². The van der Waals surface area contributed by atoms with Gasteiger partial charge in [-0.25, -0.2) is 0 Å². The zero-order valence-corrected chi connectivity index (χ0v) is 19.6. The van der Waals surface area contributed by atoms with Crippen molar-refractivity contribution in [3.05, 3.63) is 59.4 Å². The molecule has 1 aromatic heterocycles. The summed E-state index contributed by atoms with van der Waals surface area (Å²) >= 11 is 1.34. The highest BCUT2D eigenvalue weighted by molar-refractivity contribution is 7.99. The SMILES string of the molecule is COc1ccc(CCNC(=O)CSc2nnc(COc3ccccc3C)n2C)cc1OC. The summed E-state index contributed by atoms with van der Waals surface area (Å²) in [4.78, 5) is 12.2. The zero-order chi connectivity index (χ0) is 22.9. The van der Waals surface area contributed by atoms with Crippen LogP contribution in [-0.4, -0.2) is 47.2 Å². The summed E-state index contributed by atoms with van der Waals surface area (Å²) in [6, 6.07) is 13.6. The maximum Gasteiger partial charge on any atom is 0.230 e. The van der Waals surface area contributed by atoms with E-state index in [-0.39, 0.29) is 11.7 Å². The van der Waals surface area contributed by atoms with Crippen LogP contribution in [-0.2, 0) is 24.9 Å². The number of carbonyl (C=O) groups excluding carboxylic acids is 1. The maximum absolute atomic E-state index is 12.2. The van der Waals surface area contributed by atoms with Gasteiger partial charge in [0.2, 0.25) is 5.91 Å². The van der Waals surface area contributed by atoms with Gasteiger partial charge in [0.1, 0.15) is 12.4 Å². The molecule has 0 unspecified atom stereocenters. The number of amides is 1. The Labute approximate surface area is 192 Å². The molecule has 9 heteroatoms. The van der Waals surface area contributed by atoms with Gasteiger partial charge in [-0.3, -0.25) is 4.79 Å². The first kappa shape index (κ1) is 23.5. The van der Waals surface area contributed by atoms with Gasteiger partial charge in [0.15, 0.2) is 22.5 Å². The van der Waals surface area contributed by atoms with Crippen LogP contribution in [0.25, 0.3) is 0 Å². The number of aromatic nitrogens is 3. The summed E-state index contributed by atoms with van der Waals surface area (Å²) in [7, 11) is 5.08. The van der Waals surface area contributed by atoms with Crippen molar-refractivity contribution >= 4 is 17.7 Å². The van der Waals surface area contributed by atoms with E-state index in [0.717, 1.165) is 16.9 Å². The molecule has 8 nitrogen and oxygen atoms in total. The lowest BCUT2D eigenvalue weighted by atomic mass is 10.1.